The van der Waals surface area contributed by atoms with Crippen LogP contribution in [0.1, 0.15) is 31.4 Å². The number of hydrogen-bond acceptors (Lipinski definition) is 3. The first-order valence-corrected chi connectivity index (χ1v) is 5.63. The minimum atomic E-state index is 0.298. The predicted molar refractivity (Wildman–Crippen MR) is 71.7 cm³/mol. The molecule has 2 rings (SSSR count). The number of aryl methyl sites for hydroxylation is 1. The van der Waals surface area contributed by atoms with E-state index in [1.54, 1.807) is 18.5 Å². The van der Waals surface area contributed by atoms with Crippen molar-refractivity contribution in [1.29, 1.82) is 0 Å². The summed E-state index contributed by atoms with van der Waals surface area (Å²) >= 11 is 0. The summed E-state index contributed by atoms with van der Waals surface area (Å²) in [5.74, 6) is 0.298. The van der Waals surface area contributed by atoms with E-state index in [2.05, 4.69) is 9.98 Å². The molecule has 1 heterocycles. The van der Waals surface area contributed by atoms with Crippen molar-refractivity contribution in [2.75, 3.05) is 0 Å². The highest BCUT2D eigenvalue weighted by Crippen LogP contribution is 2.29. The second-order valence-electron chi connectivity index (χ2n) is 4.35. The van der Waals surface area contributed by atoms with Crippen LogP contribution in [-0.4, -0.2) is 17.2 Å². The first-order chi connectivity index (χ1) is 8.08. The summed E-state index contributed by atoms with van der Waals surface area (Å²) in [6, 6.07) is 5.43. The fourth-order valence-corrected chi connectivity index (χ4v) is 2.00. The van der Waals surface area contributed by atoms with Crippen molar-refractivity contribution in [2.45, 2.75) is 27.2 Å². The lowest BCUT2D eigenvalue weighted by Crippen LogP contribution is -1.97. The summed E-state index contributed by atoms with van der Waals surface area (Å²) in [4.78, 5) is 8.53. The van der Waals surface area contributed by atoms with E-state index in [-0.39, 0.29) is 0 Å². The molecular formula is C14H16N2O. The Balaban J connectivity index is 2.52. The molecule has 1 aromatic rings. The van der Waals surface area contributed by atoms with Crippen molar-refractivity contribution in [3.05, 3.63) is 35.0 Å². The van der Waals surface area contributed by atoms with Crippen LogP contribution in [0.2, 0.25) is 0 Å². The molecule has 0 amide bonds. The van der Waals surface area contributed by atoms with Crippen LogP contribution in [0, 0.1) is 6.92 Å². The Kier molecular flexibility index (Phi) is 3.09. The molecule has 0 aliphatic carbocycles. The molecule has 0 atom stereocenters. The van der Waals surface area contributed by atoms with E-state index in [1.165, 1.54) is 5.57 Å². The lowest BCUT2D eigenvalue weighted by Gasteiger charge is -2.11. The van der Waals surface area contributed by atoms with Crippen molar-refractivity contribution in [3.8, 4) is 5.75 Å². The number of nitrogens with zero attached hydrogens (tertiary/aromatic N) is 2. The molecule has 3 heteroatoms. The van der Waals surface area contributed by atoms with Crippen molar-refractivity contribution < 1.29 is 5.11 Å². The molecule has 17 heavy (non-hydrogen) atoms. The fourth-order valence-electron chi connectivity index (χ4n) is 2.00. The lowest BCUT2D eigenvalue weighted by atomic mass is 9.95. The molecule has 3 nitrogen and oxygen atoms in total. The number of aliphatic imine (C=N–C) groups is 2. The molecule has 0 aromatic heterocycles. The summed E-state index contributed by atoms with van der Waals surface area (Å²) in [7, 11) is 0. The van der Waals surface area contributed by atoms with Gasteiger partial charge in [-0.1, -0.05) is 6.07 Å². The lowest BCUT2D eigenvalue weighted by molar-refractivity contribution is 0.475. The van der Waals surface area contributed by atoms with Crippen molar-refractivity contribution >= 4 is 17.6 Å². The number of rotatable bonds is 1. The van der Waals surface area contributed by atoms with Crippen LogP contribution in [0.4, 0.5) is 0 Å². The number of aromatic hydroxyl groups is 1. The van der Waals surface area contributed by atoms with Gasteiger partial charge in [-0.25, -0.2) is 9.98 Å². The minimum absolute atomic E-state index is 0.298. The van der Waals surface area contributed by atoms with Gasteiger partial charge < -0.3 is 5.11 Å². The van der Waals surface area contributed by atoms with Gasteiger partial charge in [0.1, 0.15) is 12.1 Å². The first-order valence-electron chi connectivity index (χ1n) is 5.63. The average molecular weight is 228 g/mol. The van der Waals surface area contributed by atoms with Gasteiger partial charge in [-0.05, 0) is 49.6 Å². The fraction of sp³-hybridized carbons (Fsp3) is 0.286. The molecule has 0 unspecified atom stereocenters. The Morgan fingerprint density at radius 3 is 2.65 bits per heavy atom. The minimum Gasteiger partial charge on any atom is -0.508 e. The van der Waals surface area contributed by atoms with Crippen molar-refractivity contribution in [2.24, 2.45) is 9.98 Å². The van der Waals surface area contributed by atoms with Gasteiger partial charge >= 0.3 is 0 Å². The van der Waals surface area contributed by atoms with Gasteiger partial charge in [0, 0.05) is 17.8 Å². The smallest absolute Gasteiger partial charge is 0.115 e. The maximum absolute atomic E-state index is 9.44. The quantitative estimate of drug-likeness (QED) is 0.787. The number of phenols is 1. The van der Waals surface area contributed by atoms with Gasteiger partial charge in [0.2, 0.25) is 0 Å². The maximum atomic E-state index is 9.44. The van der Waals surface area contributed by atoms with Crippen LogP contribution in [0.5, 0.6) is 5.75 Å². The van der Waals surface area contributed by atoms with Gasteiger partial charge in [-0.2, -0.15) is 0 Å². The Morgan fingerprint density at radius 2 is 1.94 bits per heavy atom. The standard InChI is InChI=1S/C14H16N2O/c1-9-6-12(17)4-5-13(9)14-7-10(2)15-8-16-11(14)3/h4-6,8,17H,7H2,1-3H3. The molecule has 0 bridgehead atoms. The molecule has 1 aliphatic rings. The molecule has 0 fully saturated rings. The molecule has 0 saturated carbocycles. The van der Waals surface area contributed by atoms with Gasteiger partial charge in [0.15, 0.2) is 0 Å². The predicted octanol–water partition coefficient (Wildman–Crippen LogP) is 3.32. The van der Waals surface area contributed by atoms with Gasteiger partial charge in [-0.3, -0.25) is 0 Å². The maximum Gasteiger partial charge on any atom is 0.115 e. The summed E-state index contributed by atoms with van der Waals surface area (Å²) in [5.41, 5.74) is 5.41. The zero-order chi connectivity index (χ0) is 12.4. The van der Waals surface area contributed by atoms with Gasteiger partial charge in [0.05, 0.1) is 0 Å². The van der Waals surface area contributed by atoms with Crippen LogP contribution in [0.15, 0.2) is 33.9 Å². The average Bonchev–Trinajstić information content (AvgIpc) is 2.41. The van der Waals surface area contributed by atoms with E-state index in [1.807, 2.05) is 26.8 Å². The van der Waals surface area contributed by atoms with Crippen molar-refractivity contribution in [1.82, 2.24) is 0 Å². The monoisotopic (exact) mass is 228 g/mol. The van der Waals surface area contributed by atoms with Gasteiger partial charge in [-0.15, -0.1) is 0 Å². The largest absolute Gasteiger partial charge is 0.508 e. The summed E-state index contributed by atoms with van der Waals surface area (Å²) in [5, 5.41) is 9.44. The van der Waals surface area contributed by atoms with Crippen LogP contribution in [-0.2, 0) is 0 Å². The van der Waals surface area contributed by atoms with Crippen LogP contribution in [0.3, 0.4) is 0 Å². The molecule has 1 N–H and O–H groups in total. The zero-order valence-electron chi connectivity index (χ0n) is 10.4. The number of hydrogen-bond donors (Lipinski definition) is 1. The molecule has 0 radical (unpaired) electrons. The Morgan fingerprint density at radius 1 is 1.18 bits per heavy atom. The number of phenolic OH excluding ortho intramolecular Hbond substituents is 1. The highest BCUT2D eigenvalue weighted by Gasteiger charge is 2.12. The second kappa shape index (κ2) is 4.53. The molecule has 1 aromatic carbocycles. The number of allylic oxidation sites excluding steroid dienone is 2. The molecule has 0 spiro atoms. The highest BCUT2D eigenvalue weighted by atomic mass is 16.3. The summed E-state index contributed by atoms with van der Waals surface area (Å²) in [6.07, 6.45) is 2.41. The van der Waals surface area contributed by atoms with Gasteiger partial charge in [0.25, 0.3) is 0 Å². The van der Waals surface area contributed by atoms with Crippen molar-refractivity contribution in [3.63, 3.8) is 0 Å². The Labute approximate surface area is 101 Å². The van der Waals surface area contributed by atoms with E-state index in [4.69, 9.17) is 0 Å². The van der Waals surface area contributed by atoms with E-state index < -0.39 is 0 Å². The highest BCUT2D eigenvalue weighted by molar-refractivity contribution is 5.98. The molecule has 1 aliphatic heterocycles. The SMILES string of the molecule is CC1=NC=NC(C)=C(c2ccc(O)cc2C)C1. The molecule has 88 valence electrons. The molecule has 0 saturated heterocycles. The topological polar surface area (TPSA) is 45.0 Å². The number of benzene rings is 1. The Bertz CT molecular complexity index is 539. The van der Waals surface area contributed by atoms with Crippen LogP contribution >= 0.6 is 0 Å². The Hall–Kier alpha value is -1.90. The molecular weight excluding hydrogens is 212 g/mol. The third-order valence-electron chi connectivity index (χ3n) is 2.93. The van der Waals surface area contributed by atoms with E-state index in [0.717, 1.165) is 29.0 Å². The second-order valence-corrected chi connectivity index (χ2v) is 4.35. The normalized spacial score (nSPS) is 15.8. The third kappa shape index (κ3) is 2.44. The van der Waals surface area contributed by atoms with E-state index in [0.29, 0.717) is 5.75 Å². The van der Waals surface area contributed by atoms with E-state index >= 15 is 0 Å². The van der Waals surface area contributed by atoms with Crippen LogP contribution < -0.4 is 0 Å². The third-order valence-corrected chi connectivity index (χ3v) is 2.93. The summed E-state index contributed by atoms with van der Waals surface area (Å²) < 4.78 is 0. The first kappa shape index (κ1) is 11.6. The van der Waals surface area contributed by atoms with E-state index in [9.17, 15) is 5.11 Å². The van der Waals surface area contributed by atoms with Crippen LogP contribution in [0.25, 0.3) is 5.57 Å². The summed E-state index contributed by atoms with van der Waals surface area (Å²) in [6.45, 7) is 5.99. The zero-order valence-corrected chi connectivity index (χ0v) is 10.4.